The first-order valence-corrected chi connectivity index (χ1v) is 6.30. The summed E-state index contributed by atoms with van der Waals surface area (Å²) in [6.45, 7) is 14.2. The number of likely N-dealkylation sites (N-methyl/N-ethyl adjacent to an activating group) is 1. The third-order valence-corrected chi connectivity index (χ3v) is 2.45. The fraction of sp³-hybridized carbons (Fsp3) is 1.00. The second-order valence-corrected chi connectivity index (χ2v) is 5.22. The molecule has 0 aromatic rings. The van der Waals surface area contributed by atoms with E-state index in [1.54, 1.807) is 0 Å². The zero-order chi connectivity index (χ0) is 12.7. The van der Waals surface area contributed by atoms with E-state index in [-0.39, 0.29) is 18.3 Å². The molecule has 0 radical (unpaired) electrons. The van der Waals surface area contributed by atoms with Gasteiger partial charge in [0.25, 0.3) is 0 Å². The van der Waals surface area contributed by atoms with Gasteiger partial charge in [0.15, 0.2) is 0 Å². The van der Waals surface area contributed by atoms with Gasteiger partial charge < -0.3 is 14.4 Å². The summed E-state index contributed by atoms with van der Waals surface area (Å²) >= 11 is 0. The van der Waals surface area contributed by atoms with Crippen LogP contribution in [0.3, 0.4) is 0 Å². The Kier molecular flexibility index (Phi) is 7.98. The monoisotopic (exact) mass is 231 g/mol. The van der Waals surface area contributed by atoms with E-state index in [2.05, 4.69) is 53.5 Å². The van der Waals surface area contributed by atoms with Crippen molar-refractivity contribution in [1.29, 1.82) is 0 Å². The van der Waals surface area contributed by atoms with Crippen molar-refractivity contribution in [2.45, 2.75) is 65.9 Å². The molecule has 0 rings (SSSR count). The Bertz CT molecular complexity index is 169. The fourth-order valence-electron chi connectivity index (χ4n) is 1.35. The van der Waals surface area contributed by atoms with Crippen molar-refractivity contribution in [3.63, 3.8) is 0 Å². The summed E-state index contributed by atoms with van der Waals surface area (Å²) in [6.07, 6.45) is 0.679. The zero-order valence-electron chi connectivity index (χ0n) is 12.0. The van der Waals surface area contributed by atoms with E-state index in [1.807, 2.05) is 0 Å². The lowest BCUT2D eigenvalue weighted by molar-refractivity contribution is -0.0701. The Morgan fingerprint density at radius 1 is 0.938 bits per heavy atom. The first kappa shape index (κ1) is 15.9. The lowest BCUT2D eigenvalue weighted by Gasteiger charge is -2.28. The number of hydrogen-bond acceptors (Lipinski definition) is 3. The van der Waals surface area contributed by atoms with Crippen LogP contribution < -0.4 is 0 Å². The van der Waals surface area contributed by atoms with Crippen molar-refractivity contribution in [3.05, 3.63) is 0 Å². The van der Waals surface area contributed by atoms with Crippen LogP contribution in [-0.4, -0.2) is 49.5 Å². The predicted octanol–water partition coefficient (Wildman–Crippen LogP) is 2.55. The molecule has 3 nitrogen and oxygen atoms in total. The molecule has 98 valence electrons. The Morgan fingerprint density at radius 3 is 1.88 bits per heavy atom. The molecule has 0 amide bonds. The van der Waals surface area contributed by atoms with Crippen LogP contribution in [0.2, 0.25) is 0 Å². The van der Waals surface area contributed by atoms with Gasteiger partial charge in [-0.25, -0.2) is 0 Å². The van der Waals surface area contributed by atoms with Crippen molar-refractivity contribution in [1.82, 2.24) is 4.90 Å². The van der Waals surface area contributed by atoms with Gasteiger partial charge in [-0.1, -0.05) is 0 Å². The van der Waals surface area contributed by atoms with E-state index < -0.39 is 0 Å². The van der Waals surface area contributed by atoms with Gasteiger partial charge in [-0.15, -0.1) is 0 Å². The van der Waals surface area contributed by atoms with Crippen LogP contribution in [0, 0.1) is 0 Å². The van der Waals surface area contributed by atoms with Gasteiger partial charge in [-0.3, -0.25) is 0 Å². The van der Waals surface area contributed by atoms with Gasteiger partial charge in [0.1, 0.15) is 0 Å². The Hall–Kier alpha value is -0.120. The zero-order valence-corrected chi connectivity index (χ0v) is 12.0. The van der Waals surface area contributed by atoms with E-state index in [0.717, 1.165) is 6.54 Å². The van der Waals surface area contributed by atoms with Gasteiger partial charge in [-0.2, -0.15) is 0 Å². The minimum Gasteiger partial charge on any atom is -0.376 e. The predicted molar refractivity (Wildman–Crippen MR) is 68.9 cm³/mol. The van der Waals surface area contributed by atoms with Crippen LogP contribution >= 0.6 is 0 Å². The first-order chi connectivity index (χ1) is 7.32. The number of hydrogen-bond donors (Lipinski definition) is 0. The molecule has 16 heavy (non-hydrogen) atoms. The topological polar surface area (TPSA) is 21.7 Å². The standard InChI is InChI=1S/C13H29NO2/c1-10(2)14(7)8-13(16-12(5)6)9-15-11(3)4/h10-13H,8-9H2,1-7H3. The summed E-state index contributed by atoms with van der Waals surface area (Å²) in [5.74, 6) is 0. The van der Waals surface area contributed by atoms with E-state index in [1.165, 1.54) is 0 Å². The van der Waals surface area contributed by atoms with Crippen LogP contribution in [0.25, 0.3) is 0 Å². The van der Waals surface area contributed by atoms with E-state index >= 15 is 0 Å². The van der Waals surface area contributed by atoms with Crippen molar-refractivity contribution in [2.24, 2.45) is 0 Å². The molecular formula is C13H29NO2. The maximum absolute atomic E-state index is 5.85. The summed E-state index contributed by atoms with van der Waals surface area (Å²) < 4.78 is 11.5. The van der Waals surface area contributed by atoms with Crippen LogP contribution in [-0.2, 0) is 9.47 Å². The highest BCUT2D eigenvalue weighted by Gasteiger charge is 2.16. The van der Waals surface area contributed by atoms with Crippen molar-refractivity contribution >= 4 is 0 Å². The smallest absolute Gasteiger partial charge is 0.0938 e. The van der Waals surface area contributed by atoms with Crippen LogP contribution in [0.15, 0.2) is 0 Å². The first-order valence-electron chi connectivity index (χ1n) is 6.30. The minimum atomic E-state index is 0.162. The second-order valence-electron chi connectivity index (χ2n) is 5.22. The summed E-state index contributed by atoms with van der Waals surface area (Å²) in [7, 11) is 2.12. The number of ether oxygens (including phenoxy) is 2. The van der Waals surface area contributed by atoms with Gasteiger partial charge in [-0.05, 0) is 48.6 Å². The maximum Gasteiger partial charge on any atom is 0.0938 e. The summed E-state index contributed by atoms with van der Waals surface area (Å²) in [6, 6.07) is 0.539. The Labute approximate surface area is 101 Å². The van der Waals surface area contributed by atoms with Crippen molar-refractivity contribution < 1.29 is 9.47 Å². The third-order valence-electron chi connectivity index (χ3n) is 2.45. The molecule has 0 N–H and O–H groups in total. The van der Waals surface area contributed by atoms with E-state index in [9.17, 15) is 0 Å². The normalized spacial score (nSPS) is 14.4. The average molecular weight is 231 g/mol. The van der Waals surface area contributed by atoms with Crippen LogP contribution in [0.1, 0.15) is 41.5 Å². The highest BCUT2D eigenvalue weighted by molar-refractivity contribution is 4.67. The highest BCUT2D eigenvalue weighted by atomic mass is 16.5. The number of nitrogens with zero attached hydrogens (tertiary/aromatic N) is 1. The largest absolute Gasteiger partial charge is 0.376 e. The molecule has 0 heterocycles. The Morgan fingerprint density at radius 2 is 1.50 bits per heavy atom. The second kappa shape index (κ2) is 8.04. The van der Waals surface area contributed by atoms with Crippen molar-refractivity contribution in [2.75, 3.05) is 20.2 Å². The lowest BCUT2D eigenvalue weighted by Crippen LogP contribution is -2.39. The average Bonchev–Trinajstić information content (AvgIpc) is 2.12. The molecule has 0 aromatic carbocycles. The Balaban J connectivity index is 4.09. The maximum atomic E-state index is 5.85. The van der Waals surface area contributed by atoms with E-state index in [4.69, 9.17) is 9.47 Å². The van der Waals surface area contributed by atoms with Crippen molar-refractivity contribution in [3.8, 4) is 0 Å². The minimum absolute atomic E-state index is 0.162. The third kappa shape index (κ3) is 8.08. The molecule has 0 aliphatic carbocycles. The molecule has 0 spiro atoms. The summed E-state index contributed by atoms with van der Waals surface area (Å²) in [5, 5.41) is 0. The molecule has 3 heteroatoms. The molecule has 0 aliphatic heterocycles. The van der Waals surface area contributed by atoms with Gasteiger partial charge >= 0.3 is 0 Å². The summed E-state index contributed by atoms with van der Waals surface area (Å²) in [4.78, 5) is 2.29. The number of rotatable bonds is 8. The van der Waals surface area contributed by atoms with Gasteiger partial charge in [0.2, 0.25) is 0 Å². The summed E-state index contributed by atoms with van der Waals surface area (Å²) in [5.41, 5.74) is 0. The fourth-order valence-corrected chi connectivity index (χ4v) is 1.35. The molecular weight excluding hydrogens is 202 g/mol. The molecule has 0 saturated carbocycles. The molecule has 0 fully saturated rings. The molecule has 1 unspecified atom stereocenters. The highest BCUT2D eigenvalue weighted by Crippen LogP contribution is 2.05. The quantitative estimate of drug-likeness (QED) is 0.641. The van der Waals surface area contributed by atoms with Crippen LogP contribution in [0.4, 0.5) is 0 Å². The lowest BCUT2D eigenvalue weighted by atomic mass is 10.2. The molecule has 0 saturated heterocycles. The molecule has 0 bridgehead atoms. The van der Waals surface area contributed by atoms with Gasteiger partial charge in [0, 0.05) is 12.6 Å². The molecule has 0 aromatic heterocycles. The van der Waals surface area contributed by atoms with Crippen LogP contribution in [0.5, 0.6) is 0 Å². The SMILES string of the molecule is CC(C)OCC(CN(C)C(C)C)OC(C)C. The molecule has 0 aliphatic rings. The molecule has 1 atom stereocenters. The van der Waals surface area contributed by atoms with E-state index in [0.29, 0.717) is 12.6 Å². The van der Waals surface area contributed by atoms with Gasteiger partial charge in [0.05, 0.1) is 24.9 Å².